The molecule has 8 nitrogen and oxygen atoms in total. The van der Waals surface area contributed by atoms with Gasteiger partial charge < -0.3 is 14.4 Å². The third-order valence-electron chi connectivity index (χ3n) is 5.43. The van der Waals surface area contributed by atoms with Crippen molar-refractivity contribution in [3.8, 4) is 11.5 Å². The van der Waals surface area contributed by atoms with Crippen LogP contribution < -0.4 is 9.47 Å². The molecule has 158 valence electrons. The summed E-state index contributed by atoms with van der Waals surface area (Å²) in [5.41, 5.74) is 0.818. The van der Waals surface area contributed by atoms with Gasteiger partial charge in [-0.2, -0.15) is 8.42 Å². The average Bonchev–Trinajstić information content (AvgIpc) is 2.74. The van der Waals surface area contributed by atoms with Crippen molar-refractivity contribution in [2.75, 3.05) is 27.8 Å². The summed E-state index contributed by atoms with van der Waals surface area (Å²) in [6, 6.07) is 5.13. The molecule has 1 fully saturated rings. The number of amides is 1. The highest BCUT2D eigenvalue weighted by Gasteiger charge is 2.35. The zero-order valence-electron chi connectivity index (χ0n) is 17.2. The van der Waals surface area contributed by atoms with Gasteiger partial charge in [-0.15, -0.1) is 4.40 Å². The number of likely N-dealkylation sites (tertiary alicyclic amines) is 1. The van der Waals surface area contributed by atoms with E-state index in [2.05, 4.69) is 4.40 Å². The summed E-state index contributed by atoms with van der Waals surface area (Å²) in [6.07, 6.45) is 5.30. The van der Waals surface area contributed by atoms with Gasteiger partial charge in [-0.25, -0.2) is 4.31 Å². The molecule has 1 saturated heterocycles. The Labute approximate surface area is 172 Å². The van der Waals surface area contributed by atoms with Crippen LogP contribution in [0.5, 0.6) is 11.5 Å². The van der Waals surface area contributed by atoms with Gasteiger partial charge in [0.05, 0.1) is 19.9 Å². The SMILES string of the molecule is CC[C@H]1CCCCN1C(=O)C1=CC(c2ccc(OC)c(OC)c2)=NS(=O)(=O)N1C. The summed E-state index contributed by atoms with van der Waals surface area (Å²) in [5, 5.41) is 0. The van der Waals surface area contributed by atoms with Gasteiger partial charge in [0.2, 0.25) is 0 Å². The number of benzene rings is 1. The van der Waals surface area contributed by atoms with Crippen LogP contribution in [-0.2, 0) is 15.0 Å². The van der Waals surface area contributed by atoms with Gasteiger partial charge in [-0.3, -0.25) is 4.79 Å². The minimum Gasteiger partial charge on any atom is -0.493 e. The van der Waals surface area contributed by atoms with Gasteiger partial charge in [-0.1, -0.05) is 6.92 Å². The van der Waals surface area contributed by atoms with Crippen molar-refractivity contribution in [2.45, 2.75) is 38.6 Å². The minimum absolute atomic E-state index is 0.102. The highest BCUT2D eigenvalue weighted by atomic mass is 32.2. The zero-order chi connectivity index (χ0) is 21.2. The quantitative estimate of drug-likeness (QED) is 0.728. The number of rotatable bonds is 5. The summed E-state index contributed by atoms with van der Waals surface area (Å²) < 4.78 is 40.7. The van der Waals surface area contributed by atoms with Gasteiger partial charge in [-0.05, 0) is 50.0 Å². The number of carbonyl (C=O) groups excluding carboxylic acids is 1. The molecule has 0 aromatic heterocycles. The first-order valence-corrected chi connectivity index (χ1v) is 11.1. The van der Waals surface area contributed by atoms with Crippen LogP contribution in [0.4, 0.5) is 0 Å². The molecule has 0 aliphatic carbocycles. The first-order chi connectivity index (χ1) is 13.8. The van der Waals surface area contributed by atoms with E-state index in [9.17, 15) is 13.2 Å². The minimum atomic E-state index is -4.02. The standard InChI is InChI=1S/C20H27N3O5S/c1-5-15-8-6-7-11-23(15)20(24)17-13-16(21-29(25,26)22(17)2)14-9-10-18(27-3)19(12-14)28-4/h9-10,12-13,15H,5-8,11H2,1-4H3/t15-/m0/s1. The van der Waals surface area contributed by atoms with E-state index >= 15 is 0 Å². The van der Waals surface area contributed by atoms with Gasteiger partial charge in [0.1, 0.15) is 5.70 Å². The van der Waals surface area contributed by atoms with E-state index in [1.165, 1.54) is 27.3 Å². The number of nitrogens with zero attached hydrogens (tertiary/aromatic N) is 3. The summed E-state index contributed by atoms with van der Waals surface area (Å²) in [4.78, 5) is 15.1. The number of methoxy groups -OCH3 is 2. The maximum Gasteiger partial charge on any atom is 0.345 e. The molecule has 0 bridgehead atoms. The highest BCUT2D eigenvalue weighted by Crippen LogP contribution is 2.30. The number of likely N-dealkylation sites (N-methyl/N-ethyl adjacent to an activating group) is 1. The summed E-state index contributed by atoms with van der Waals surface area (Å²) in [6.45, 7) is 2.67. The number of carbonyl (C=O) groups is 1. The summed E-state index contributed by atoms with van der Waals surface area (Å²) in [7, 11) is 0.366. The Morgan fingerprint density at radius 2 is 1.93 bits per heavy atom. The predicted molar refractivity (Wildman–Crippen MR) is 110 cm³/mol. The Bertz CT molecular complexity index is 955. The van der Waals surface area contributed by atoms with Gasteiger partial charge in [0.25, 0.3) is 5.91 Å². The molecule has 29 heavy (non-hydrogen) atoms. The van der Waals surface area contributed by atoms with Crippen LogP contribution in [0.25, 0.3) is 0 Å². The number of ether oxygens (including phenoxy) is 2. The first-order valence-electron chi connectivity index (χ1n) is 9.66. The van der Waals surface area contributed by atoms with Crippen molar-refractivity contribution in [3.63, 3.8) is 0 Å². The summed E-state index contributed by atoms with van der Waals surface area (Å²) >= 11 is 0. The maximum atomic E-state index is 13.3. The van der Waals surface area contributed by atoms with Crippen molar-refractivity contribution < 1.29 is 22.7 Å². The monoisotopic (exact) mass is 421 g/mol. The molecule has 1 amide bonds. The molecule has 1 atom stereocenters. The fourth-order valence-electron chi connectivity index (χ4n) is 3.72. The van der Waals surface area contributed by atoms with E-state index in [0.29, 0.717) is 23.6 Å². The molecule has 0 radical (unpaired) electrons. The second-order valence-corrected chi connectivity index (χ2v) is 8.70. The van der Waals surface area contributed by atoms with Crippen LogP contribution in [0.15, 0.2) is 34.4 Å². The van der Waals surface area contributed by atoms with E-state index in [-0.39, 0.29) is 23.4 Å². The van der Waals surface area contributed by atoms with Gasteiger partial charge >= 0.3 is 10.2 Å². The third kappa shape index (κ3) is 4.10. The predicted octanol–water partition coefficient (Wildman–Crippen LogP) is 2.36. The molecule has 9 heteroatoms. The molecule has 2 aliphatic heterocycles. The van der Waals surface area contributed by atoms with Crippen molar-refractivity contribution in [2.24, 2.45) is 4.40 Å². The molecular weight excluding hydrogens is 394 g/mol. The number of hydrogen-bond acceptors (Lipinski definition) is 5. The van der Waals surface area contributed by atoms with E-state index in [4.69, 9.17) is 9.47 Å². The number of hydrogen-bond donors (Lipinski definition) is 0. The maximum absolute atomic E-state index is 13.3. The van der Waals surface area contributed by atoms with Crippen molar-refractivity contribution in [1.82, 2.24) is 9.21 Å². The second kappa shape index (κ2) is 8.44. The molecule has 1 aromatic carbocycles. The Balaban J connectivity index is 2.03. The molecule has 2 heterocycles. The van der Waals surface area contributed by atoms with Crippen molar-refractivity contribution in [1.29, 1.82) is 0 Å². The largest absolute Gasteiger partial charge is 0.493 e. The van der Waals surface area contributed by atoms with Crippen LogP contribution >= 0.6 is 0 Å². The zero-order valence-corrected chi connectivity index (χ0v) is 18.0. The smallest absolute Gasteiger partial charge is 0.345 e. The Kier molecular flexibility index (Phi) is 6.16. The van der Waals surface area contributed by atoms with Crippen molar-refractivity contribution in [3.05, 3.63) is 35.5 Å². The second-order valence-electron chi connectivity index (χ2n) is 7.08. The van der Waals surface area contributed by atoms with Gasteiger partial charge in [0, 0.05) is 25.2 Å². The van der Waals surface area contributed by atoms with E-state index in [1.54, 1.807) is 23.1 Å². The van der Waals surface area contributed by atoms with E-state index < -0.39 is 10.2 Å². The lowest BCUT2D eigenvalue weighted by Crippen LogP contribution is -2.47. The lowest BCUT2D eigenvalue weighted by atomic mass is 9.99. The molecule has 0 unspecified atom stereocenters. The molecule has 2 aliphatic rings. The topological polar surface area (TPSA) is 88.5 Å². The van der Waals surface area contributed by atoms with Crippen molar-refractivity contribution >= 4 is 21.8 Å². The fraction of sp³-hybridized carbons (Fsp3) is 0.500. The highest BCUT2D eigenvalue weighted by molar-refractivity contribution is 7.88. The van der Waals surface area contributed by atoms with Crippen LogP contribution in [0.1, 0.15) is 38.2 Å². The van der Waals surface area contributed by atoms with E-state index in [0.717, 1.165) is 30.0 Å². The molecule has 0 saturated carbocycles. The molecule has 0 N–H and O–H groups in total. The molecule has 0 spiro atoms. The van der Waals surface area contributed by atoms with Crippen LogP contribution in [0.3, 0.4) is 0 Å². The Morgan fingerprint density at radius 3 is 2.59 bits per heavy atom. The van der Waals surface area contributed by atoms with Crippen LogP contribution in [-0.4, -0.2) is 63.1 Å². The van der Waals surface area contributed by atoms with E-state index in [1.807, 2.05) is 6.92 Å². The third-order valence-corrected chi connectivity index (χ3v) is 6.75. The number of piperidine rings is 1. The average molecular weight is 422 g/mol. The summed E-state index contributed by atoms with van der Waals surface area (Å²) in [5.74, 6) is 0.690. The van der Waals surface area contributed by atoms with Crippen LogP contribution in [0.2, 0.25) is 0 Å². The normalized spacial score (nSPS) is 21.3. The number of allylic oxidation sites excluding steroid dienone is 1. The lowest BCUT2D eigenvalue weighted by molar-refractivity contribution is -0.131. The Hall–Kier alpha value is -2.55. The van der Waals surface area contributed by atoms with Gasteiger partial charge in [0.15, 0.2) is 11.5 Å². The molecule has 1 aromatic rings. The van der Waals surface area contributed by atoms with Crippen LogP contribution in [0, 0.1) is 0 Å². The lowest BCUT2D eigenvalue weighted by Gasteiger charge is -2.37. The fourth-order valence-corrected chi connectivity index (χ4v) is 4.63. The molecular formula is C20H27N3O5S. The first kappa shape index (κ1) is 21.2. The molecule has 3 rings (SSSR count). The Morgan fingerprint density at radius 1 is 1.21 bits per heavy atom.